The molecule has 2 aromatic rings. The molecule has 3 rings (SSSR count). The fraction of sp³-hybridized carbons (Fsp3) is 0.409. The maximum Gasteiger partial charge on any atom is 0.240 e. The van der Waals surface area contributed by atoms with Crippen molar-refractivity contribution in [2.45, 2.75) is 44.6 Å². The molecule has 6 heteroatoms. The van der Waals surface area contributed by atoms with Gasteiger partial charge in [0.25, 0.3) is 0 Å². The molecule has 1 aliphatic rings. The van der Waals surface area contributed by atoms with Crippen LogP contribution in [0.4, 0.5) is 0 Å². The van der Waals surface area contributed by atoms with Gasteiger partial charge in [-0.1, -0.05) is 55.0 Å². The summed E-state index contributed by atoms with van der Waals surface area (Å²) >= 11 is 0. The van der Waals surface area contributed by atoms with E-state index in [1.165, 1.54) is 0 Å². The molecule has 1 aliphatic carbocycles. The zero-order valence-corrected chi connectivity index (χ0v) is 17.4. The molecule has 0 radical (unpaired) electrons. The molecule has 1 amide bonds. The minimum absolute atomic E-state index is 0.0142. The predicted octanol–water partition coefficient (Wildman–Crippen LogP) is 3.49. The zero-order chi connectivity index (χ0) is 20.3. The summed E-state index contributed by atoms with van der Waals surface area (Å²) in [6, 6.07) is 15.2. The van der Waals surface area contributed by atoms with E-state index in [1.807, 2.05) is 43.3 Å². The Balaban J connectivity index is 1.57. The van der Waals surface area contributed by atoms with Crippen LogP contribution in [-0.4, -0.2) is 20.9 Å². The maximum absolute atomic E-state index is 12.5. The largest absolute Gasteiger partial charge is 0.349 e. The number of sulfonamides is 1. The lowest BCUT2D eigenvalue weighted by molar-refractivity contribution is -0.121. The number of nitrogens with one attached hydrogen (secondary N) is 2. The highest BCUT2D eigenvalue weighted by Crippen LogP contribution is 2.46. The smallest absolute Gasteiger partial charge is 0.240 e. The highest BCUT2D eigenvalue weighted by atomic mass is 32.2. The third-order valence-corrected chi connectivity index (χ3v) is 6.96. The van der Waals surface area contributed by atoms with Gasteiger partial charge in [-0.15, -0.1) is 0 Å². The quantitative estimate of drug-likeness (QED) is 0.712. The first-order valence-electron chi connectivity index (χ1n) is 9.69. The molecule has 0 heterocycles. The van der Waals surface area contributed by atoms with Crippen molar-refractivity contribution >= 4 is 15.9 Å². The van der Waals surface area contributed by atoms with Crippen LogP contribution < -0.4 is 10.0 Å². The van der Waals surface area contributed by atoms with Crippen LogP contribution in [0.1, 0.15) is 42.5 Å². The fourth-order valence-electron chi connectivity index (χ4n) is 3.64. The standard InChI is InChI=1S/C22H28N2O3S/c1-15-9-10-20(17(3)13-15)28(26,27)23-12-11-21(25)24-22(19-14-16(19)2)18-7-5-4-6-8-18/h4-10,13,16,19,22-23H,11-12,14H2,1-3H3,(H,24,25). The fourth-order valence-corrected chi connectivity index (χ4v) is 4.89. The Hall–Kier alpha value is -2.18. The van der Waals surface area contributed by atoms with E-state index in [0.29, 0.717) is 17.4 Å². The van der Waals surface area contributed by atoms with Crippen molar-refractivity contribution in [2.24, 2.45) is 11.8 Å². The molecule has 0 saturated heterocycles. The lowest BCUT2D eigenvalue weighted by atomic mass is 10.0. The summed E-state index contributed by atoms with van der Waals surface area (Å²) in [6.45, 7) is 5.95. The highest BCUT2D eigenvalue weighted by Gasteiger charge is 2.40. The van der Waals surface area contributed by atoms with Crippen molar-refractivity contribution in [1.82, 2.24) is 10.0 Å². The Morgan fingerprint density at radius 3 is 2.43 bits per heavy atom. The Morgan fingerprint density at radius 1 is 1.14 bits per heavy atom. The Kier molecular flexibility index (Phi) is 6.20. The molecule has 3 unspecified atom stereocenters. The number of benzene rings is 2. The first kappa shape index (κ1) is 20.6. The number of carbonyl (C=O) groups is 1. The van der Waals surface area contributed by atoms with Crippen LogP contribution in [-0.2, 0) is 14.8 Å². The van der Waals surface area contributed by atoms with Gasteiger partial charge >= 0.3 is 0 Å². The van der Waals surface area contributed by atoms with Crippen LogP contribution in [0, 0.1) is 25.7 Å². The van der Waals surface area contributed by atoms with Gasteiger partial charge in [0.2, 0.25) is 15.9 Å². The summed E-state index contributed by atoms with van der Waals surface area (Å²) in [5.41, 5.74) is 2.81. The molecule has 1 saturated carbocycles. The molecule has 0 spiro atoms. The summed E-state index contributed by atoms with van der Waals surface area (Å²) in [7, 11) is -3.63. The number of carbonyl (C=O) groups excluding carboxylic acids is 1. The van der Waals surface area contributed by atoms with Crippen LogP contribution in [0.25, 0.3) is 0 Å². The Morgan fingerprint density at radius 2 is 1.82 bits per heavy atom. The van der Waals surface area contributed by atoms with Gasteiger partial charge in [0.15, 0.2) is 0 Å². The molecule has 0 aliphatic heterocycles. The minimum atomic E-state index is -3.63. The van der Waals surface area contributed by atoms with Gasteiger partial charge in [0, 0.05) is 13.0 Å². The van der Waals surface area contributed by atoms with Crippen LogP contribution in [0.15, 0.2) is 53.4 Å². The molecule has 1 fully saturated rings. The van der Waals surface area contributed by atoms with Crippen LogP contribution >= 0.6 is 0 Å². The average Bonchev–Trinajstić information content (AvgIpc) is 3.36. The minimum Gasteiger partial charge on any atom is -0.349 e. The molecule has 2 N–H and O–H groups in total. The molecule has 150 valence electrons. The van der Waals surface area contributed by atoms with E-state index in [9.17, 15) is 13.2 Å². The van der Waals surface area contributed by atoms with Gasteiger partial charge in [0.1, 0.15) is 0 Å². The number of hydrogen-bond donors (Lipinski definition) is 2. The van der Waals surface area contributed by atoms with Gasteiger partial charge in [0.05, 0.1) is 10.9 Å². The number of rotatable bonds is 8. The third kappa shape index (κ3) is 5.00. The van der Waals surface area contributed by atoms with E-state index in [4.69, 9.17) is 0 Å². The van der Waals surface area contributed by atoms with Crippen LogP contribution in [0.2, 0.25) is 0 Å². The second-order valence-corrected chi connectivity index (χ2v) is 9.48. The van der Waals surface area contributed by atoms with Gasteiger partial charge in [-0.25, -0.2) is 13.1 Å². The maximum atomic E-state index is 12.5. The van der Waals surface area contributed by atoms with Crippen molar-refractivity contribution in [3.05, 3.63) is 65.2 Å². The van der Waals surface area contributed by atoms with E-state index in [0.717, 1.165) is 17.5 Å². The number of amides is 1. The predicted molar refractivity (Wildman–Crippen MR) is 110 cm³/mol. The molecule has 2 aromatic carbocycles. The molecule has 5 nitrogen and oxygen atoms in total. The first-order chi connectivity index (χ1) is 13.3. The van der Waals surface area contributed by atoms with Crippen molar-refractivity contribution < 1.29 is 13.2 Å². The summed E-state index contributed by atoms with van der Waals surface area (Å²) in [4.78, 5) is 12.7. The van der Waals surface area contributed by atoms with Crippen molar-refractivity contribution in [3.63, 3.8) is 0 Å². The summed E-state index contributed by atoms with van der Waals surface area (Å²) in [5, 5.41) is 3.10. The normalized spacial score (nSPS) is 19.8. The molecule has 0 bridgehead atoms. The SMILES string of the molecule is Cc1ccc(S(=O)(=O)NCCC(=O)NC(c2ccccc2)C2CC2C)c(C)c1. The van der Waals surface area contributed by atoms with E-state index in [2.05, 4.69) is 17.0 Å². The summed E-state index contributed by atoms with van der Waals surface area (Å²) < 4.78 is 27.6. The first-order valence-corrected chi connectivity index (χ1v) is 11.2. The number of hydrogen-bond acceptors (Lipinski definition) is 3. The topological polar surface area (TPSA) is 75.3 Å². The third-order valence-electron chi connectivity index (χ3n) is 5.34. The van der Waals surface area contributed by atoms with Crippen molar-refractivity contribution in [3.8, 4) is 0 Å². The van der Waals surface area contributed by atoms with E-state index < -0.39 is 10.0 Å². The molecule has 0 aromatic heterocycles. The Labute approximate surface area is 167 Å². The van der Waals surface area contributed by atoms with E-state index in [1.54, 1.807) is 19.1 Å². The van der Waals surface area contributed by atoms with Gasteiger partial charge in [-0.05, 0) is 49.3 Å². The van der Waals surface area contributed by atoms with E-state index >= 15 is 0 Å². The van der Waals surface area contributed by atoms with Crippen LogP contribution in [0.3, 0.4) is 0 Å². The van der Waals surface area contributed by atoms with Crippen molar-refractivity contribution in [2.75, 3.05) is 6.54 Å². The second kappa shape index (κ2) is 8.45. The molecule has 28 heavy (non-hydrogen) atoms. The van der Waals surface area contributed by atoms with Crippen molar-refractivity contribution in [1.29, 1.82) is 0 Å². The Bertz CT molecular complexity index is 942. The number of aryl methyl sites for hydroxylation is 2. The van der Waals surface area contributed by atoms with Gasteiger partial charge < -0.3 is 5.32 Å². The zero-order valence-electron chi connectivity index (χ0n) is 16.6. The highest BCUT2D eigenvalue weighted by molar-refractivity contribution is 7.89. The second-order valence-electron chi connectivity index (χ2n) is 7.75. The lowest BCUT2D eigenvalue weighted by Gasteiger charge is -2.19. The van der Waals surface area contributed by atoms with Gasteiger partial charge in [-0.3, -0.25) is 4.79 Å². The summed E-state index contributed by atoms with van der Waals surface area (Å²) in [5.74, 6) is 0.892. The molecular formula is C22H28N2O3S. The summed E-state index contributed by atoms with van der Waals surface area (Å²) in [6.07, 6.45) is 1.20. The molecular weight excluding hydrogens is 372 g/mol. The van der Waals surface area contributed by atoms with E-state index in [-0.39, 0.29) is 29.8 Å². The average molecular weight is 401 g/mol. The van der Waals surface area contributed by atoms with Gasteiger partial charge in [-0.2, -0.15) is 0 Å². The lowest BCUT2D eigenvalue weighted by Crippen LogP contribution is -2.34. The van der Waals surface area contributed by atoms with Crippen LogP contribution in [0.5, 0.6) is 0 Å². The monoisotopic (exact) mass is 400 g/mol. The molecule has 3 atom stereocenters.